The molecule has 0 amide bonds. The van der Waals surface area contributed by atoms with Gasteiger partial charge in [0.25, 0.3) is 0 Å². The predicted molar refractivity (Wildman–Crippen MR) is 75.7 cm³/mol. The topological polar surface area (TPSA) is 32.3 Å². The van der Waals surface area contributed by atoms with Crippen LogP contribution < -0.4 is 5.32 Å². The summed E-state index contributed by atoms with van der Waals surface area (Å²) in [6.07, 6.45) is -0.373. The summed E-state index contributed by atoms with van der Waals surface area (Å²) in [4.78, 5) is 0. The van der Waals surface area contributed by atoms with E-state index >= 15 is 0 Å². The number of hydrogen-bond acceptors (Lipinski definition) is 2. The summed E-state index contributed by atoms with van der Waals surface area (Å²) >= 11 is 3.59. The highest BCUT2D eigenvalue weighted by molar-refractivity contribution is 9.10. The monoisotopic (exact) mass is 297 g/mol. The maximum Gasteiger partial charge on any atom is 0.0830 e. The number of aliphatic hydroxyl groups is 1. The molecule has 1 aliphatic heterocycles. The predicted octanol–water partition coefficient (Wildman–Crippen LogP) is 3.73. The number of nitrogens with one attached hydrogen (secondary N) is 1. The molecule has 1 heterocycles. The Hall–Kier alpha value is -0.540. The minimum Gasteiger partial charge on any atom is -0.390 e. The van der Waals surface area contributed by atoms with Gasteiger partial charge < -0.3 is 10.4 Å². The van der Waals surface area contributed by atoms with Crippen LogP contribution in [0.3, 0.4) is 0 Å². The van der Waals surface area contributed by atoms with Crippen LogP contribution in [-0.2, 0) is 0 Å². The van der Waals surface area contributed by atoms with E-state index in [2.05, 4.69) is 48.1 Å². The Morgan fingerprint density at radius 2 is 1.94 bits per heavy atom. The van der Waals surface area contributed by atoms with Gasteiger partial charge in [-0.3, -0.25) is 0 Å². The normalized spacial score (nSPS) is 26.3. The molecule has 0 radical (unpaired) electrons. The zero-order chi connectivity index (χ0) is 13.0. The fourth-order valence-corrected chi connectivity index (χ4v) is 3.37. The van der Waals surface area contributed by atoms with E-state index in [1.807, 2.05) is 13.8 Å². The molecule has 1 aromatic carbocycles. The Morgan fingerprint density at radius 1 is 1.35 bits per heavy atom. The number of rotatable bonds is 0. The van der Waals surface area contributed by atoms with Crippen molar-refractivity contribution < 1.29 is 5.11 Å². The smallest absolute Gasteiger partial charge is 0.0830 e. The Labute approximate surface area is 112 Å². The van der Waals surface area contributed by atoms with E-state index in [-0.39, 0.29) is 17.6 Å². The molecule has 0 spiro atoms. The van der Waals surface area contributed by atoms with Gasteiger partial charge in [0.2, 0.25) is 0 Å². The van der Waals surface area contributed by atoms with Gasteiger partial charge in [0.05, 0.1) is 11.6 Å². The van der Waals surface area contributed by atoms with E-state index in [1.165, 1.54) is 22.4 Å². The van der Waals surface area contributed by atoms with E-state index in [4.69, 9.17) is 0 Å². The van der Waals surface area contributed by atoms with Gasteiger partial charge in [-0.25, -0.2) is 0 Å². The van der Waals surface area contributed by atoms with Crippen molar-refractivity contribution in [3.63, 3.8) is 0 Å². The quantitative estimate of drug-likeness (QED) is 0.765. The second-order valence-electron chi connectivity index (χ2n) is 5.67. The first-order valence-corrected chi connectivity index (χ1v) is 6.81. The first kappa shape index (κ1) is 12.9. The van der Waals surface area contributed by atoms with E-state index in [9.17, 15) is 5.11 Å². The molecule has 17 heavy (non-hydrogen) atoms. The standard InChI is InChI=1S/C14H20BrNO/c1-7-6-10(15)8(2)11-9(3)13(17)14(4,5)16-12(7)11/h6,9,13,16-17H,1-5H3. The lowest BCUT2D eigenvalue weighted by molar-refractivity contribution is 0.0866. The fraction of sp³-hybridized carbons (Fsp3) is 0.571. The van der Waals surface area contributed by atoms with Crippen molar-refractivity contribution >= 4 is 21.6 Å². The third-order valence-electron chi connectivity index (χ3n) is 3.88. The SMILES string of the molecule is Cc1cc(Br)c(C)c2c1NC(C)(C)C(O)C2C. The molecule has 0 saturated carbocycles. The summed E-state index contributed by atoms with van der Waals surface area (Å²) in [5, 5.41) is 13.9. The molecule has 0 aromatic heterocycles. The average molecular weight is 298 g/mol. The van der Waals surface area contributed by atoms with Crippen molar-refractivity contribution in [2.24, 2.45) is 0 Å². The molecular formula is C14H20BrNO. The number of benzene rings is 1. The summed E-state index contributed by atoms with van der Waals surface area (Å²) in [6.45, 7) is 10.4. The lowest BCUT2D eigenvalue weighted by Gasteiger charge is -2.43. The second-order valence-corrected chi connectivity index (χ2v) is 6.52. The molecular weight excluding hydrogens is 278 g/mol. The van der Waals surface area contributed by atoms with Crippen LogP contribution in [0.1, 0.15) is 43.4 Å². The van der Waals surface area contributed by atoms with Gasteiger partial charge >= 0.3 is 0 Å². The van der Waals surface area contributed by atoms with Gasteiger partial charge in [-0.2, -0.15) is 0 Å². The van der Waals surface area contributed by atoms with Gasteiger partial charge in [-0.05, 0) is 50.5 Å². The summed E-state index contributed by atoms with van der Waals surface area (Å²) in [7, 11) is 0. The van der Waals surface area contributed by atoms with Gasteiger partial charge in [0.1, 0.15) is 0 Å². The van der Waals surface area contributed by atoms with Crippen LogP contribution in [0.15, 0.2) is 10.5 Å². The van der Waals surface area contributed by atoms with Gasteiger partial charge in [-0.15, -0.1) is 0 Å². The minimum atomic E-state index is -0.373. The fourth-order valence-electron chi connectivity index (χ4n) is 2.81. The highest BCUT2D eigenvalue weighted by Crippen LogP contribution is 2.44. The Balaban J connectivity index is 2.69. The second kappa shape index (κ2) is 3.99. The molecule has 1 aromatic rings. The first-order valence-electron chi connectivity index (χ1n) is 6.01. The van der Waals surface area contributed by atoms with E-state index in [1.54, 1.807) is 0 Å². The Morgan fingerprint density at radius 3 is 2.53 bits per heavy atom. The highest BCUT2D eigenvalue weighted by atomic mass is 79.9. The van der Waals surface area contributed by atoms with Crippen LogP contribution in [-0.4, -0.2) is 16.7 Å². The van der Waals surface area contributed by atoms with Crippen molar-refractivity contribution in [1.82, 2.24) is 0 Å². The minimum absolute atomic E-state index is 0.150. The maximum atomic E-state index is 10.4. The molecule has 2 rings (SSSR count). The van der Waals surface area contributed by atoms with E-state index < -0.39 is 0 Å². The van der Waals surface area contributed by atoms with Crippen LogP contribution >= 0.6 is 15.9 Å². The zero-order valence-electron chi connectivity index (χ0n) is 11.1. The summed E-state index contributed by atoms with van der Waals surface area (Å²) < 4.78 is 1.12. The molecule has 0 aliphatic carbocycles. The molecule has 0 saturated heterocycles. The number of fused-ring (bicyclic) bond motifs is 1. The Bertz CT molecular complexity index is 468. The molecule has 2 atom stereocenters. The summed E-state index contributed by atoms with van der Waals surface area (Å²) in [6, 6.07) is 2.14. The highest BCUT2D eigenvalue weighted by Gasteiger charge is 2.39. The third-order valence-corrected chi connectivity index (χ3v) is 4.71. The average Bonchev–Trinajstić information content (AvgIpc) is 2.22. The number of hydrogen-bond donors (Lipinski definition) is 2. The van der Waals surface area contributed by atoms with Crippen molar-refractivity contribution in [1.29, 1.82) is 0 Å². The van der Waals surface area contributed by atoms with Crippen LogP contribution in [0.25, 0.3) is 0 Å². The van der Waals surface area contributed by atoms with E-state index in [0.717, 1.165) is 4.47 Å². The van der Waals surface area contributed by atoms with Crippen LogP contribution in [0.5, 0.6) is 0 Å². The molecule has 1 aliphatic rings. The van der Waals surface area contributed by atoms with Crippen molar-refractivity contribution in [2.45, 2.75) is 52.2 Å². The molecule has 2 nitrogen and oxygen atoms in total. The number of anilines is 1. The van der Waals surface area contributed by atoms with Gasteiger partial charge in [0.15, 0.2) is 0 Å². The van der Waals surface area contributed by atoms with Crippen LogP contribution in [0, 0.1) is 13.8 Å². The van der Waals surface area contributed by atoms with Crippen LogP contribution in [0.2, 0.25) is 0 Å². The zero-order valence-corrected chi connectivity index (χ0v) is 12.6. The Kier molecular flexibility index (Phi) is 3.03. The molecule has 0 fully saturated rings. The third kappa shape index (κ3) is 1.89. The first-order chi connectivity index (χ1) is 7.75. The summed E-state index contributed by atoms with van der Waals surface area (Å²) in [5.74, 6) is 0.150. The molecule has 94 valence electrons. The van der Waals surface area contributed by atoms with Gasteiger partial charge in [0, 0.05) is 16.1 Å². The van der Waals surface area contributed by atoms with Crippen molar-refractivity contribution in [2.75, 3.05) is 5.32 Å². The number of aryl methyl sites for hydroxylation is 1. The van der Waals surface area contributed by atoms with Crippen LogP contribution in [0.4, 0.5) is 5.69 Å². The van der Waals surface area contributed by atoms with E-state index in [0.29, 0.717) is 0 Å². The van der Waals surface area contributed by atoms with Gasteiger partial charge in [-0.1, -0.05) is 22.9 Å². The maximum absolute atomic E-state index is 10.4. The lowest BCUT2D eigenvalue weighted by atomic mass is 9.77. The van der Waals surface area contributed by atoms with Crippen molar-refractivity contribution in [3.05, 3.63) is 27.2 Å². The largest absolute Gasteiger partial charge is 0.390 e. The van der Waals surface area contributed by atoms with Crippen molar-refractivity contribution in [3.8, 4) is 0 Å². The summed E-state index contributed by atoms with van der Waals surface area (Å²) in [5.41, 5.74) is 4.60. The number of halogens is 1. The number of aliphatic hydroxyl groups excluding tert-OH is 1. The molecule has 2 unspecified atom stereocenters. The lowest BCUT2D eigenvalue weighted by Crippen LogP contribution is -2.50. The molecule has 3 heteroatoms. The molecule has 2 N–H and O–H groups in total. The molecule has 0 bridgehead atoms.